The number of alkyl halides is 16. The first-order valence-electron chi connectivity index (χ1n) is 5.81. The van der Waals surface area contributed by atoms with Crippen LogP contribution in [0.15, 0.2) is 0 Å². The van der Waals surface area contributed by atoms with Gasteiger partial charge in [0, 0.05) is 0 Å². The molecule has 27 heavy (non-hydrogen) atoms. The molecule has 0 amide bonds. The van der Waals surface area contributed by atoms with Crippen molar-refractivity contribution in [1.82, 2.24) is 0 Å². The maximum Gasteiger partial charge on any atom is 0.459 e. The molecular weight excluding hydrogens is 444 g/mol. The molecule has 1 aliphatic rings. The Bertz CT molecular complexity index is 500. The van der Waals surface area contributed by atoms with E-state index in [9.17, 15) is 70.2 Å². The molecule has 2 unspecified atom stereocenters. The van der Waals surface area contributed by atoms with Gasteiger partial charge in [-0.3, -0.25) is 0 Å². The zero-order chi connectivity index (χ0) is 22.1. The Morgan fingerprint density at radius 2 is 0.667 bits per heavy atom. The third-order valence-electron chi connectivity index (χ3n) is 3.04. The van der Waals surface area contributed by atoms with Crippen molar-refractivity contribution in [3.63, 3.8) is 0 Å². The number of rotatable bonds is 2. The van der Waals surface area contributed by atoms with E-state index in [0.29, 0.717) is 0 Å². The number of ether oxygens (including phenoxy) is 2. The Kier molecular flexibility index (Phi) is 5.21. The van der Waals surface area contributed by atoms with Crippen molar-refractivity contribution < 1.29 is 79.7 Å². The van der Waals surface area contributed by atoms with Crippen LogP contribution in [-0.4, -0.2) is 54.5 Å². The molecule has 1 fully saturated rings. The summed E-state index contributed by atoms with van der Waals surface area (Å²) in [5, 5.41) is 0. The molecule has 1 rings (SSSR count). The average Bonchev–Trinajstić information content (AvgIpc) is 2.77. The Morgan fingerprint density at radius 3 is 0.815 bits per heavy atom. The first-order chi connectivity index (χ1) is 11.4. The summed E-state index contributed by atoms with van der Waals surface area (Å²) in [6.45, 7) is 0. The van der Waals surface area contributed by atoms with Gasteiger partial charge in [-0.15, -0.1) is 0 Å². The summed E-state index contributed by atoms with van der Waals surface area (Å²) in [5.74, 6) is -22.4. The van der Waals surface area contributed by atoms with Crippen LogP contribution in [-0.2, 0) is 9.47 Å². The molecule has 0 aliphatic carbocycles. The SMILES string of the molecule is FC(F)(F)C1OC(C(F)(F)C(F)(F)F)(C(F)(F)C(F)(F)F)OC1C(F)(F)F. The lowest BCUT2D eigenvalue weighted by atomic mass is 9.99. The smallest absolute Gasteiger partial charge is 0.323 e. The number of halogens is 16. The van der Waals surface area contributed by atoms with E-state index in [-0.39, 0.29) is 0 Å². The van der Waals surface area contributed by atoms with E-state index in [2.05, 4.69) is 9.47 Å². The maximum atomic E-state index is 13.4. The lowest BCUT2D eigenvalue weighted by Crippen LogP contribution is -2.71. The highest BCUT2D eigenvalue weighted by atomic mass is 19.4. The standard InChI is InChI=1S/C9H2F16O2/c10-3(11,12)1-2(4(13,14)15)27-7(26-1,5(16,17)8(20,21)22)6(18,19)9(23,24)25/h1-2H. The van der Waals surface area contributed by atoms with E-state index in [4.69, 9.17) is 0 Å². The Balaban J connectivity index is 3.83. The highest BCUT2D eigenvalue weighted by molar-refractivity contribution is 5.11. The summed E-state index contributed by atoms with van der Waals surface area (Å²) in [4.78, 5) is 0. The molecule has 2 atom stereocenters. The molecule has 0 spiro atoms. The van der Waals surface area contributed by atoms with Crippen LogP contribution in [0.2, 0.25) is 0 Å². The fraction of sp³-hybridized carbons (Fsp3) is 1.00. The first kappa shape index (κ1) is 23.8. The van der Waals surface area contributed by atoms with Gasteiger partial charge < -0.3 is 9.47 Å². The molecule has 0 aromatic rings. The van der Waals surface area contributed by atoms with Gasteiger partial charge in [0.15, 0.2) is 12.2 Å². The maximum absolute atomic E-state index is 13.4. The number of hydrogen-bond acceptors (Lipinski definition) is 2. The second-order valence-electron chi connectivity index (χ2n) is 4.92. The fourth-order valence-corrected chi connectivity index (χ4v) is 1.85. The lowest BCUT2D eigenvalue weighted by Gasteiger charge is -2.41. The molecule has 18 heteroatoms. The summed E-state index contributed by atoms with van der Waals surface area (Å²) < 4.78 is 207. The van der Waals surface area contributed by atoms with Gasteiger partial charge in [-0.1, -0.05) is 0 Å². The van der Waals surface area contributed by atoms with Gasteiger partial charge in [0.1, 0.15) is 0 Å². The Hall–Kier alpha value is -1.20. The van der Waals surface area contributed by atoms with Gasteiger partial charge in [0.25, 0.3) is 0 Å². The molecule has 0 saturated carbocycles. The molecule has 1 saturated heterocycles. The van der Waals surface area contributed by atoms with Crippen LogP contribution in [0.1, 0.15) is 0 Å². The quantitative estimate of drug-likeness (QED) is 0.557. The van der Waals surface area contributed by atoms with E-state index in [0.717, 1.165) is 0 Å². The molecular formula is C9H2F16O2. The minimum absolute atomic E-state index is 2.43. The van der Waals surface area contributed by atoms with Crippen molar-refractivity contribution in [2.45, 2.75) is 54.5 Å². The van der Waals surface area contributed by atoms with Gasteiger partial charge in [0.2, 0.25) is 0 Å². The zero-order valence-corrected chi connectivity index (χ0v) is 11.5. The molecule has 0 bridgehead atoms. The highest BCUT2D eigenvalue weighted by Crippen LogP contribution is 2.62. The van der Waals surface area contributed by atoms with Gasteiger partial charge >= 0.3 is 42.3 Å². The molecule has 1 heterocycles. The second-order valence-corrected chi connectivity index (χ2v) is 4.92. The van der Waals surface area contributed by atoms with Crippen LogP contribution in [0.5, 0.6) is 0 Å². The zero-order valence-electron chi connectivity index (χ0n) is 11.5. The van der Waals surface area contributed by atoms with Gasteiger partial charge in [0.05, 0.1) is 0 Å². The van der Waals surface area contributed by atoms with Crippen LogP contribution in [0.4, 0.5) is 70.2 Å². The van der Waals surface area contributed by atoms with Gasteiger partial charge in [-0.2, -0.15) is 70.2 Å². The van der Waals surface area contributed by atoms with Crippen molar-refractivity contribution in [1.29, 1.82) is 0 Å². The first-order valence-corrected chi connectivity index (χ1v) is 5.81. The summed E-state index contributed by atoms with van der Waals surface area (Å²) >= 11 is 0. The molecule has 1 aliphatic heterocycles. The number of hydrogen-bond donors (Lipinski definition) is 0. The summed E-state index contributed by atoms with van der Waals surface area (Å²) in [6.07, 6.45) is -38.4. The minimum atomic E-state index is -7.66. The summed E-state index contributed by atoms with van der Waals surface area (Å²) in [6, 6.07) is 0. The largest absolute Gasteiger partial charge is 0.459 e. The Labute approximate surface area is 136 Å². The molecule has 0 radical (unpaired) electrons. The van der Waals surface area contributed by atoms with Crippen molar-refractivity contribution in [3.8, 4) is 0 Å². The van der Waals surface area contributed by atoms with E-state index < -0.39 is 54.5 Å². The summed E-state index contributed by atoms with van der Waals surface area (Å²) in [5.41, 5.74) is 0. The van der Waals surface area contributed by atoms with E-state index in [1.165, 1.54) is 0 Å². The van der Waals surface area contributed by atoms with Crippen molar-refractivity contribution >= 4 is 0 Å². The van der Waals surface area contributed by atoms with E-state index in [1.54, 1.807) is 0 Å². The van der Waals surface area contributed by atoms with Crippen molar-refractivity contribution in [2.24, 2.45) is 0 Å². The predicted molar refractivity (Wildman–Crippen MR) is 46.6 cm³/mol. The average molecular weight is 446 g/mol. The monoisotopic (exact) mass is 446 g/mol. The minimum Gasteiger partial charge on any atom is -0.323 e. The highest BCUT2D eigenvalue weighted by Gasteiger charge is 2.92. The van der Waals surface area contributed by atoms with Crippen molar-refractivity contribution in [2.75, 3.05) is 0 Å². The van der Waals surface area contributed by atoms with Gasteiger partial charge in [-0.05, 0) is 0 Å². The van der Waals surface area contributed by atoms with E-state index in [1.807, 2.05) is 0 Å². The van der Waals surface area contributed by atoms with Crippen LogP contribution in [0.3, 0.4) is 0 Å². The van der Waals surface area contributed by atoms with Gasteiger partial charge in [-0.25, -0.2) is 0 Å². The van der Waals surface area contributed by atoms with Crippen LogP contribution >= 0.6 is 0 Å². The molecule has 0 aromatic heterocycles. The topological polar surface area (TPSA) is 18.5 Å². The molecule has 162 valence electrons. The van der Waals surface area contributed by atoms with Crippen molar-refractivity contribution in [3.05, 3.63) is 0 Å². The van der Waals surface area contributed by atoms with Crippen LogP contribution < -0.4 is 0 Å². The second kappa shape index (κ2) is 5.90. The van der Waals surface area contributed by atoms with Crippen LogP contribution in [0, 0.1) is 0 Å². The molecule has 0 N–H and O–H groups in total. The molecule has 0 aromatic carbocycles. The molecule has 2 nitrogen and oxygen atoms in total. The van der Waals surface area contributed by atoms with Crippen LogP contribution in [0.25, 0.3) is 0 Å². The lowest BCUT2D eigenvalue weighted by molar-refractivity contribution is -0.483. The Morgan fingerprint density at radius 1 is 0.444 bits per heavy atom. The third kappa shape index (κ3) is 3.49. The normalized spacial score (nSPS) is 25.8. The fourth-order valence-electron chi connectivity index (χ4n) is 1.85. The van der Waals surface area contributed by atoms with E-state index >= 15 is 0 Å². The summed E-state index contributed by atoms with van der Waals surface area (Å²) in [7, 11) is 0. The third-order valence-corrected chi connectivity index (χ3v) is 3.04. The predicted octanol–water partition coefficient (Wildman–Crippen LogP) is 4.99.